The van der Waals surface area contributed by atoms with E-state index < -0.39 is 0 Å². The van der Waals surface area contributed by atoms with Gasteiger partial charge in [-0.2, -0.15) is 15.0 Å². The molecule has 27 heavy (non-hydrogen) atoms. The third-order valence-electron chi connectivity index (χ3n) is 5.45. The summed E-state index contributed by atoms with van der Waals surface area (Å²) in [6.07, 6.45) is 3.23. The van der Waals surface area contributed by atoms with Crippen LogP contribution in [0.3, 0.4) is 0 Å². The van der Waals surface area contributed by atoms with E-state index in [4.69, 9.17) is 33.9 Å². The van der Waals surface area contributed by atoms with Crippen LogP contribution in [-0.4, -0.2) is 34.6 Å². The zero-order chi connectivity index (χ0) is 19.0. The summed E-state index contributed by atoms with van der Waals surface area (Å²) in [5.41, 5.74) is 13.5. The summed E-state index contributed by atoms with van der Waals surface area (Å²) in [6.45, 7) is 1.56. The smallest absolute Gasteiger partial charge is 0.230 e. The lowest BCUT2D eigenvalue weighted by atomic mass is 9.79. The summed E-state index contributed by atoms with van der Waals surface area (Å²) in [5.74, 6) is 2.54. The molecule has 1 aliphatic carbocycles. The van der Waals surface area contributed by atoms with E-state index in [1.807, 2.05) is 24.1 Å². The molecular weight excluding hydrogens is 385 g/mol. The van der Waals surface area contributed by atoms with Crippen LogP contribution in [0.1, 0.15) is 36.6 Å². The molecule has 3 unspecified atom stereocenters. The SMILES string of the molecule is CN(Cc1cccc(Cl)c1Cl)c1nc(N)nc(C2CCC3CNNC3C2)n1. The van der Waals surface area contributed by atoms with Gasteiger partial charge in [-0.1, -0.05) is 35.3 Å². The summed E-state index contributed by atoms with van der Waals surface area (Å²) >= 11 is 12.4. The topological polar surface area (TPSA) is 92.0 Å². The first-order valence-electron chi connectivity index (χ1n) is 9.15. The van der Waals surface area contributed by atoms with E-state index in [9.17, 15) is 0 Å². The number of nitrogens with one attached hydrogen (secondary N) is 2. The maximum atomic E-state index is 6.31. The van der Waals surface area contributed by atoms with E-state index in [-0.39, 0.29) is 11.9 Å². The van der Waals surface area contributed by atoms with Gasteiger partial charge < -0.3 is 10.6 Å². The Balaban J connectivity index is 1.54. The standard InChI is InChI=1S/C18H23Cl2N7/c1-27(9-12-3-2-4-13(19)15(12)20)18-24-16(23-17(21)25-18)10-5-6-11-8-22-26-14(11)7-10/h2-4,10-11,14,22,26H,5-9H2,1H3,(H2,21,23,24,25). The van der Waals surface area contributed by atoms with Gasteiger partial charge in [-0.25, -0.2) is 0 Å². The fourth-order valence-corrected chi connectivity index (χ4v) is 4.34. The number of benzene rings is 1. The molecule has 2 aliphatic rings. The minimum Gasteiger partial charge on any atom is -0.368 e. The highest BCUT2D eigenvalue weighted by Gasteiger charge is 2.35. The average molecular weight is 408 g/mol. The van der Waals surface area contributed by atoms with Crippen LogP contribution in [-0.2, 0) is 6.54 Å². The van der Waals surface area contributed by atoms with Crippen molar-refractivity contribution in [1.82, 2.24) is 25.8 Å². The first kappa shape index (κ1) is 18.7. The number of anilines is 2. The minimum atomic E-state index is 0.249. The van der Waals surface area contributed by atoms with E-state index in [1.165, 1.54) is 0 Å². The zero-order valence-electron chi connectivity index (χ0n) is 15.1. The van der Waals surface area contributed by atoms with Crippen molar-refractivity contribution >= 4 is 35.1 Å². The maximum absolute atomic E-state index is 6.31. The van der Waals surface area contributed by atoms with Crippen LogP contribution < -0.4 is 21.5 Å². The molecule has 0 radical (unpaired) electrons. The highest BCUT2D eigenvalue weighted by atomic mass is 35.5. The number of halogens is 2. The predicted molar refractivity (Wildman–Crippen MR) is 108 cm³/mol. The fourth-order valence-electron chi connectivity index (χ4n) is 3.96. The van der Waals surface area contributed by atoms with E-state index in [0.717, 1.165) is 37.2 Å². The molecule has 0 spiro atoms. The molecule has 9 heteroatoms. The molecule has 2 fully saturated rings. The lowest BCUT2D eigenvalue weighted by molar-refractivity contribution is 0.296. The summed E-state index contributed by atoms with van der Waals surface area (Å²) < 4.78 is 0. The Morgan fingerprint density at radius 3 is 2.93 bits per heavy atom. The number of fused-ring (bicyclic) bond motifs is 1. The molecule has 2 heterocycles. The number of aromatic nitrogens is 3. The fraction of sp³-hybridized carbons (Fsp3) is 0.500. The lowest BCUT2D eigenvalue weighted by Gasteiger charge is -2.30. The molecule has 1 saturated heterocycles. The molecule has 144 valence electrons. The Hall–Kier alpha value is -1.67. The van der Waals surface area contributed by atoms with Crippen LogP contribution in [0.15, 0.2) is 18.2 Å². The molecule has 1 aliphatic heterocycles. The summed E-state index contributed by atoms with van der Waals surface area (Å²) in [6, 6.07) is 6.06. The number of nitrogens with two attached hydrogens (primary N) is 1. The summed E-state index contributed by atoms with van der Waals surface area (Å²) in [5, 5.41) is 1.08. The highest BCUT2D eigenvalue weighted by molar-refractivity contribution is 6.42. The van der Waals surface area contributed by atoms with Crippen molar-refractivity contribution in [3.05, 3.63) is 39.6 Å². The quantitative estimate of drug-likeness (QED) is 0.717. The highest BCUT2D eigenvalue weighted by Crippen LogP contribution is 2.36. The van der Waals surface area contributed by atoms with E-state index in [1.54, 1.807) is 6.07 Å². The number of rotatable bonds is 4. The van der Waals surface area contributed by atoms with Crippen molar-refractivity contribution in [1.29, 1.82) is 0 Å². The normalized spacial score (nSPS) is 24.6. The van der Waals surface area contributed by atoms with Gasteiger partial charge in [0.25, 0.3) is 0 Å². The third-order valence-corrected chi connectivity index (χ3v) is 6.31. The molecule has 4 N–H and O–H groups in total. The zero-order valence-corrected chi connectivity index (χ0v) is 16.6. The Labute approximate surface area is 168 Å². The van der Waals surface area contributed by atoms with Crippen molar-refractivity contribution < 1.29 is 0 Å². The van der Waals surface area contributed by atoms with Crippen LogP contribution in [0.5, 0.6) is 0 Å². The number of nitrogens with zero attached hydrogens (tertiary/aromatic N) is 4. The second kappa shape index (κ2) is 7.75. The molecule has 2 aromatic rings. The molecule has 1 aromatic heterocycles. The summed E-state index contributed by atoms with van der Waals surface area (Å²) in [7, 11) is 1.91. The number of hydrogen-bond donors (Lipinski definition) is 3. The van der Waals surface area contributed by atoms with Gasteiger partial charge in [0.05, 0.1) is 10.0 Å². The van der Waals surface area contributed by atoms with E-state index >= 15 is 0 Å². The van der Waals surface area contributed by atoms with Crippen LogP contribution >= 0.6 is 23.2 Å². The van der Waals surface area contributed by atoms with Gasteiger partial charge in [0.1, 0.15) is 5.82 Å². The van der Waals surface area contributed by atoms with Crippen LogP contribution in [0.2, 0.25) is 10.0 Å². The molecular formula is C18H23Cl2N7. The Morgan fingerprint density at radius 1 is 1.22 bits per heavy atom. The van der Waals surface area contributed by atoms with E-state index in [2.05, 4.69) is 20.8 Å². The lowest BCUT2D eigenvalue weighted by Crippen LogP contribution is -2.36. The van der Waals surface area contributed by atoms with Crippen LogP contribution in [0.4, 0.5) is 11.9 Å². The molecule has 1 aromatic carbocycles. The van der Waals surface area contributed by atoms with Gasteiger partial charge in [-0.05, 0) is 36.8 Å². The van der Waals surface area contributed by atoms with Crippen molar-refractivity contribution in [3.63, 3.8) is 0 Å². The first-order chi connectivity index (χ1) is 13.0. The van der Waals surface area contributed by atoms with Gasteiger partial charge in [0, 0.05) is 32.1 Å². The van der Waals surface area contributed by atoms with Gasteiger partial charge >= 0.3 is 0 Å². The number of nitrogen functional groups attached to an aromatic ring is 1. The largest absolute Gasteiger partial charge is 0.368 e. The van der Waals surface area contributed by atoms with Gasteiger partial charge in [0.15, 0.2) is 0 Å². The number of hydrogen-bond acceptors (Lipinski definition) is 7. The van der Waals surface area contributed by atoms with Crippen LogP contribution in [0.25, 0.3) is 0 Å². The van der Waals surface area contributed by atoms with Crippen molar-refractivity contribution in [2.75, 3.05) is 24.2 Å². The molecule has 0 bridgehead atoms. The second-order valence-electron chi connectivity index (χ2n) is 7.32. The van der Waals surface area contributed by atoms with E-state index in [0.29, 0.717) is 34.5 Å². The summed E-state index contributed by atoms with van der Waals surface area (Å²) in [4.78, 5) is 15.4. The molecule has 1 saturated carbocycles. The van der Waals surface area contributed by atoms with Gasteiger partial charge in [0.2, 0.25) is 11.9 Å². The first-order valence-corrected chi connectivity index (χ1v) is 9.90. The van der Waals surface area contributed by atoms with Crippen molar-refractivity contribution in [2.45, 2.75) is 37.8 Å². The van der Waals surface area contributed by atoms with Gasteiger partial charge in [-0.15, -0.1) is 0 Å². The Kier molecular flexibility index (Phi) is 5.36. The molecule has 7 nitrogen and oxygen atoms in total. The maximum Gasteiger partial charge on any atom is 0.230 e. The Morgan fingerprint density at radius 2 is 2.07 bits per heavy atom. The Bertz CT molecular complexity index is 831. The molecule has 4 rings (SSSR count). The van der Waals surface area contributed by atoms with Crippen LogP contribution in [0, 0.1) is 5.92 Å². The number of hydrazine groups is 1. The predicted octanol–water partition coefficient (Wildman–Crippen LogP) is 2.76. The average Bonchev–Trinajstić information content (AvgIpc) is 3.12. The monoisotopic (exact) mass is 407 g/mol. The third kappa shape index (κ3) is 3.96. The molecule has 3 atom stereocenters. The minimum absolute atomic E-state index is 0.249. The van der Waals surface area contributed by atoms with Crippen molar-refractivity contribution in [3.8, 4) is 0 Å². The second-order valence-corrected chi connectivity index (χ2v) is 8.11. The molecule has 0 amide bonds. The van der Waals surface area contributed by atoms with Gasteiger partial charge in [-0.3, -0.25) is 10.9 Å². The van der Waals surface area contributed by atoms with Crippen molar-refractivity contribution in [2.24, 2.45) is 5.92 Å².